The third kappa shape index (κ3) is 5.66. The Morgan fingerprint density at radius 3 is 1.24 bits per heavy atom. The molecule has 4 heteroatoms. The Balaban J connectivity index is 1.90. The first kappa shape index (κ1) is 28.3. The van der Waals surface area contributed by atoms with Gasteiger partial charge in [0.25, 0.3) is 0 Å². The first-order valence-corrected chi connectivity index (χ1v) is 14.6. The molecular formula is C34H47BN2O. The van der Waals surface area contributed by atoms with Gasteiger partial charge >= 0.3 is 7.19 Å². The van der Waals surface area contributed by atoms with Gasteiger partial charge in [0.1, 0.15) is 0 Å². The third-order valence-corrected chi connectivity index (χ3v) is 7.97. The van der Waals surface area contributed by atoms with Crippen LogP contribution in [0, 0.1) is 0 Å². The van der Waals surface area contributed by atoms with E-state index in [1.807, 2.05) is 0 Å². The maximum Gasteiger partial charge on any atom is 0.549 e. The molecule has 202 valence electrons. The van der Waals surface area contributed by atoms with Crippen LogP contribution in [-0.4, -0.2) is 20.3 Å². The molecule has 1 fully saturated rings. The zero-order valence-electron chi connectivity index (χ0n) is 25.0. The molecule has 0 amide bonds. The Labute approximate surface area is 232 Å². The highest BCUT2D eigenvalue weighted by molar-refractivity contribution is 6.62. The molecule has 0 unspecified atom stereocenters. The molecule has 3 nitrogen and oxygen atoms in total. The SMILES string of the molecule is CC(C)c1cccc(C(C)C)c1N1CCN(c2c(C(C)C)cccc2C(C)C)B1O[C@H](C)c1ccccc1. The first-order valence-electron chi connectivity index (χ1n) is 14.6. The molecule has 0 N–H and O–H groups in total. The predicted octanol–water partition coefficient (Wildman–Crippen LogP) is 9.27. The fourth-order valence-electron chi connectivity index (χ4n) is 5.87. The fraction of sp³-hybridized carbons (Fsp3) is 0.471. The standard InChI is InChI=1S/C34H47BN2O/c1-23(2)29-17-13-18-30(24(3)4)33(29)36-21-22-37(35(36)38-27(9)28-15-11-10-12-16-28)34-31(25(5)6)19-14-20-32(34)26(7)8/h10-20,23-27H,21-22H2,1-9H3/t27-/m1/s1. The normalized spacial score (nSPS) is 15.0. The number of rotatable bonds is 9. The minimum atomic E-state index is -0.194. The van der Waals surface area contributed by atoms with E-state index in [1.165, 1.54) is 39.2 Å². The zero-order valence-corrected chi connectivity index (χ0v) is 25.0. The van der Waals surface area contributed by atoms with E-state index in [-0.39, 0.29) is 13.3 Å². The van der Waals surface area contributed by atoms with E-state index in [9.17, 15) is 0 Å². The highest BCUT2D eigenvalue weighted by atomic mass is 16.5. The van der Waals surface area contributed by atoms with Crippen LogP contribution >= 0.6 is 0 Å². The highest BCUT2D eigenvalue weighted by Gasteiger charge is 2.45. The topological polar surface area (TPSA) is 15.7 Å². The van der Waals surface area contributed by atoms with E-state index < -0.39 is 0 Å². The van der Waals surface area contributed by atoms with E-state index in [4.69, 9.17) is 4.65 Å². The average molecular weight is 511 g/mol. The van der Waals surface area contributed by atoms with Gasteiger partial charge in [-0.2, -0.15) is 0 Å². The Morgan fingerprint density at radius 2 is 0.895 bits per heavy atom. The summed E-state index contributed by atoms with van der Waals surface area (Å²) in [6.45, 7) is 22.5. The summed E-state index contributed by atoms with van der Waals surface area (Å²) in [6.07, 6.45) is -0.0354. The number of nitrogens with zero attached hydrogens (tertiary/aromatic N) is 2. The van der Waals surface area contributed by atoms with Crippen molar-refractivity contribution >= 4 is 18.6 Å². The molecule has 4 rings (SSSR count). The van der Waals surface area contributed by atoms with Crippen molar-refractivity contribution in [3.05, 3.63) is 94.5 Å². The molecule has 0 radical (unpaired) electrons. The molecule has 1 aliphatic heterocycles. The van der Waals surface area contributed by atoms with Gasteiger partial charge in [-0.1, -0.05) is 122 Å². The summed E-state index contributed by atoms with van der Waals surface area (Å²) in [5.41, 5.74) is 9.54. The molecule has 1 heterocycles. The maximum absolute atomic E-state index is 7.12. The molecule has 0 bridgehead atoms. The zero-order chi connectivity index (χ0) is 27.6. The van der Waals surface area contributed by atoms with Crippen LogP contribution in [0.3, 0.4) is 0 Å². The van der Waals surface area contributed by atoms with Crippen LogP contribution in [0.15, 0.2) is 66.7 Å². The van der Waals surface area contributed by atoms with Gasteiger partial charge in [0.15, 0.2) is 0 Å². The Kier molecular flexibility index (Phi) is 8.93. The molecule has 3 aromatic carbocycles. The summed E-state index contributed by atoms with van der Waals surface area (Å²) in [5, 5.41) is 0. The molecule has 0 aromatic heterocycles. The number of hydrogen-bond acceptors (Lipinski definition) is 3. The number of para-hydroxylation sites is 2. The lowest BCUT2D eigenvalue weighted by Gasteiger charge is -2.36. The molecule has 0 aliphatic carbocycles. The van der Waals surface area contributed by atoms with Gasteiger partial charge in [-0.15, -0.1) is 0 Å². The van der Waals surface area contributed by atoms with Gasteiger partial charge in [-0.05, 0) is 58.4 Å². The monoisotopic (exact) mass is 510 g/mol. The van der Waals surface area contributed by atoms with E-state index >= 15 is 0 Å². The second-order valence-corrected chi connectivity index (χ2v) is 12.1. The second kappa shape index (κ2) is 12.0. The number of anilines is 2. The quantitative estimate of drug-likeness (QED) is 0.267. The summed E-state index contributed by atoms with van der Waals surface area (Å²) in [4.78, 5) is 5.12. The molecular weight excluding hydrogens is 463 g/mol. The Morgan fingerprint density at radius 1 is 0.526 bits per heavy atom. The van der Waals surface area contributed by atoms with Crippen molar-refractivity contribution in [3.63, 3.8) is 0 Å². The van der Waals surface area contributed by atoms with Gasteiger partial charge in [-0.25, -0.2) is 0 Å². The van der Waals surface area contributed by atoms with Gasteiger partial charge in [0, 0.05) is 24.5 Å². The lowest BCUT2D eigenvalue weighted by Crippen LogP contribution is -2.48. The summed E-state index contributed by atoms with van der Waals surface area (Å²) in [5.74, 6) is 1.72. The molecule has 0 saturated carbocycles. The van der Waals surface area contributed by atoms with Gasteiger partial charge in [0.2, 0.25) is 0 Å². The Bertz CT molecular complexity index is 1080. The van der Waals surface area contributed by atoms with Gasteiger partial charge in [-0.3, -0.25) is 0 Å². The van der Waals surface area contributed by atoms with E-state index in [0.29, 0.717) is 23.7 Å². The van der Waals surface area contributed by atoms with Crippen LogP contribution in [-0.2, 0) is 4.65 Å². The van der Waals surface area contributed by atoms with Crippen LogP contribution < -0.4 is 9.62 Å². The van der Waals surface area contributed by atoms with Crippen LogP contribution in [0.4, 0.5) is 11.4 Å². The summed E-state index contributed by atoms with van der Waals surface area (Å²) >= 11 is 0. The average Bonchev–Trinajstić information content (AvgIpc) is 3.30. The van der Waals surface area contributed by atoms with E-state index in [0.717, 1.165) is 13.1 Å². The minimum Gasteiger partial charge on any atom is -0.391 e. The van der Waals surface area contributed by atoms with Crippen LogP contribution in [0.25, 0.3) is 0 Å². The minimum absolute atomic E-state index is 0.0354. The highest BCUT2D eigenvalue weighted by Crippen LogP contribution is 2.42. The molecule has 38 heavy (non-hydrogen) atoms. The second-order valence-electron chi connectivity index (χ2n) is 12.1. The lowest BCUT2D eigenvalue weighted by molar-refractivity contribution is 0.226. The van der Waals surface area contributed by atoms with Crippen molar-refractivity contribution in [1.82, 2.24) is 0 Å². The largest absolute Gasteiger partial charge is 0.549 e. The molecule has 1 atom stereocenters. The predicted molar refractivity (Wildman–Crippen MR) is 166 cm³/mol. The maximum atomic E-state index is 7.12. The van der Waals surface area contributed by atoms with Crippen molar-refractivity contribution in [2.45, 2.75) is 92.1 Å². The summed E-state index contributed by atoms with van der Waals surface area (Å²) < 4.78 is 7.12. The van der Waals surface area contributed by atoms with Crippen molar-refractivity contribution in [1.29, 1.82) is 0 Å². The number of benzene rings is 3. The van der Waals surface area contributed by atoms with Crippen molar-refractivity contribution in [2.75, 3.05) is 22.7 Å². The third-order valence-electron chi connectivity index (χ3n) is 7.97. The molecule has 3 aromatic rings. The lowest BCUT2D eigenvalue weighted by atomic mass is 9.84. The number of hydrogen-bond donors (Lipinski definition) is 0. The van der Waals surface area contributed by atoms with Crippen molar-refractivity contribution < 1.29 is 4.65 Å². The van der Waals surface area contributed by atoms with Crippen LogP contribution in [0.5, 0.6) is 0 Å². The van der Waals surface area contributed by atoms with E-state index in [1.54, 1.807) is 0 Å². The molecule has 1 aliphatic rings. The van der Waals surface area contributed by atoms with Gasteiger partial charge in [0.05, 0.1) is 6.10 Å². The Hall–Kier alpha value is -2.72. The summed E-state index contributed by atoms with van der Waals surface area (Å²) in [7, 11) is -0.194. The van der Waals surface area contributed by atoms with Crippen molar-refractivity contribution in [2.24, 2.45) is 0 Å². The van der Waals surface area contributed by atoms with Gasteiger partial charge < -0.3 is 14.3 Å². The summed E-state index contributed by atoms with van der Waals surface area (Å²) in [6, 6.07) is 24.4. The van der Waals surface area contributed by atoms with Crippen LogP contribution in [0.1, 0.15) is 120 Å². The fourth-order valence-corrected chi connectivity index (χ4v) is 5.87. The molecule has 1 saturated heterocycles. The van der Waals surface area contributed by atoms with Crippen molar-refractivity contribution in [3.8, 4) is 0 Å². The first-order chi connectivity index (χ1) is 18.1. The van der Waals surface area contributed by atoms with Crippen LogP contribution in [0.2, 0.25) is 0 Å². The smallest absolute Gasteiger partial charge is 0.391 e. The molecule has 0 spiro atoms. The van der Waals surface area contributed by atoms with E-state index in [2.05, 4.69) is 139 Å².